The molecule has 0 amide bonds. The number of aromatic nitrogens is 2. The molecule has 1 aromatic carbocycles. The van der Waals surface area contributed by atoms with E-state index in [1.165, 1.54) is 11.4 Å². The molecule has 2 saturated heterocycles. The Morgan fingerprint density at radius 3 is 2.60 bits per heavy atom. The zero-order valence-corrected chi connectivity index (χ0v) is 18.2. The molecule has 0 radical (unpaired) electrons. The van der Waals surface area contributed by atoms with Crippen molar-refractivity contribution in [3.8, 4) is 0 Å². The number of sulfone groups is 1. The highest BCUT2D eigenvalue weighted by atomic mass is 32.2. The number of hydrogen-bond acceptors (Lipinski definition) is 8. The average Bonchev–Trinajstić information content (AvgIpc) is 3.30. The lowest BCUT2D eigenvalue weighted by atomic mass is 10.1. The van der Waals surface area contributed by atoms with Crippen LogP contribution in [0.5, 0.6) is 0 Å². The molecule has 2 aliphatic heterocycles. The van der Waals surface area contributed by atoms with Gasteiger partial charge in [0.1, 0.15) is 0 Å². The molecule has 1 atom stereocenters. The van der Waals surface area contributed by atoms with Crippen molar-refractivity contribution in [3.63, 3.8) is 0 Å². The van der Waals surface area contributed by atoms with Crippen molar-refractivity contribution in [2.24, 2.45) is 0 Å². The van der Waals surface area contributed by atoms with E-state index in [-0.39, 0.29) is 17.9 Å². The summed E-state index contributed by atoms with van der Waals surface area (Å²) in [6, 6.07) is 5.23. The lowest BCUT2D eigenvalue weighted by Gasteiger charge is -2.35. The number of nitrogens with zero attached hydrogens (tertiary/aromatic N) is 4. The Morgan fingerprint density at radius 1 is 1.23 bits per heavy atom. The molecule has 10 nitrogen and oxygen atoms in total. The van der Waals surface area contributed by atoms with E-state index in [0.717, 1.165) is 10.9 Å². The van der Waals surface area contributed by atoms with E-state index in [4.69, 9.17) is 4.74 Å². The van der Waals surface area contributed by atoms with Gasteiger partial charge in [-0.25, -0.2) is 21.6 Å². The molecule has 0 spiro atoms. The van der Waals surface area contributed by atoms with Gasteiger partial charge in [-0.2, -0.15) is 9.40 Å². The molecule has 3 heterocycles. The van der Waals surface area contributed by atoms with Crippen molar-refractivity contribution in [1.82, 2.24) is 19.0 Å². The van der Waals surface area contributed by atoms with Crippen molar-refractivity contribution >= 4 is 36.7 Å². The van der Waals surface area contributed by atoms with Gasteiger partial charge in [-0.15, -0.1) is 0 Å². The topological polar surface area (TPSA) is 119 Å². The lowest BCUT2D eigenvalue weighted by molar-refractivity contribution is 0.0601. The van der Waals surface area contributed by atoms with Gasteiger partial charge in [0, 0.05) is 31.6 Å². The number of rotatable bonds is 5. The van der Waals surface area contributed by atoms with Crippen molar-refractivity contribution < 1.29 is 26.4 Å². The highest BCUT2D eigenvalue weighted by Crippen LogP contribution is 2.23. The lowest BCUT2D eigenvalue weighted by Crippen LogP contribution is -2.51. The predicted molar refractivity (Wildman–Crippen MR) is 110 cm³/mol. The molecule has 4 rings (SSSR count). The van der Waals surface area contributed by atoms with Crippen LogP contribution in [0.15, 0.2) is 24.4 Å². The van der Waals surface area contributed by atoms with Gasteiger partial charge in [-0.05, 0) is 24.6 Å². The molecule has 2 aliphatic rings. The van der Waals surface area contributed by atoms with Gasteiger partial charge in [0.15, 0.2) is 9.84 Å². The molecular formula is C18H24N4O6S2. The predicted octanol–water partition coefficient (Wildman–Crippen LogP) is -0.0851. The maximum absolute atomic E-state index is 12.8. The van der Waals surface area contributed by atoms with Crippen LogP contribution in [0.3, 0.4) is 0 Å². The molecule has 2 aromatic rings. The Labute approximate surface area is 175 Å². The van der Waals surface area contributed by atoms with E-state index in [1.807, 2.05) is 10.7 Å². The fourth-order valence-electron chi connectivity index (χ4n) is 3.97. The first-order valence-corrected chi connectivity index (χ1v) is 13.0. The molecule has 0 aliphatic carbocycles. The molecule has 1 unspecified atom stereocenters. The molecule has 0 saturated carbocycles. The molecule has 12 heteroatoms. The Balaban J connectivity index is 1.40. The Kier molecular flexibility index (Phi) is 5.60. The summed E-state index contributed by atoms with van der Waals surface area (Å²) >= 11 is 0. The van der Waals surface area contributed by atoms with Crippen LogP contribution >= 0.6 is 0 Å². The highest BCUT2D eigenvalue weighted by Gasteiger charge is 2.41. The van der Waals surface area contributed by atoms with Gasteiger partial charge in [-0.1, -0.05) is 0 Å². The van der Waals surface area contributed by atoms with E-state index >= 15 is 0 Å². The van der Waals surface area contributed by atoms with Crippen molar-refractivity contribution in [2.75, 3.05) is 44.8 Å². The summed E-state index contributed by atoms with van der Waals surface area (Å²) in [6.45, 7) is 2.20. The second-order valence-corrected chi connectivity index (χ2v) is 12.1. The molecule has 30 heavy (non-hydrogen) atoms. The summed E-state index contributed by atoms with van der Waals surface area (Å²) in [7, 11) is -5.52. The minimum Gasteiger partial charge on any atom is -0.465 e. The van der Waals surface area contributed by atoms with Gasteiger partial charge in [0.25, 0.3) is 0 Å². The van der Waals surface area contributed by atoms with E-state index in [0.29, 0.717) is 38.4 Å². The summed E-state index contributed by atoms with van der Waals surface area (Å²) in [6.07, 6.45) is 1.86. The monoisotopic (exact) mass is 456 g/mol. The first kappa shape index (κ1) is 21.2. The Morgan fingerprint density at radius 2 is 1.97 bits per heavy atom. The summed E-state index contributed by atoms with van der Waals surface area (Å²) in [5, 5.41) is 4.38. The molecule has 164 valence electrons. The second-order valence-electron chi connectivity index (χ2n) is 7.64. The smallest absolute Gasteiger partial charge is 0.337 e. The zero-order valence-electron chi connectivity index (χ0n) is 16.6. The SMILES string of the molecule is COC(=O)c1ccc2c(cnn2CN2CCN(S(=O)(=O)C3CCS(=O)(=O)C3)CC2)c1. The summed E-state index contributed by atoms with van der Waals surface area (Å²) in [5.74, 6) is -0.736. The molecule has 1 aromatic heterocycles. The van der Waals surface area contributed by atoms with Crippen LogP contribution < -0.4 is 0 Å². The zero-order chi connectivity index (χ0) is 21.5. The number of benzene rings is 1. The number of hydrogen-bond donors (Lipinski definition) is 0. The minimum atomic E-state index is -3.61. The number of carbonyl (C=O) groups is 1. The number of methoxy groups -OCH3 is 1. The number of piperazine rings is 1. The number of fused-ring (bicyclic) bond motifs is 1. The standard InChI is InChI=1S/C18H24N4O6S2/c1-28-18(23)14-2-3-17-15(10-14)11-19-22(17)13-20-5-7-21(8-6-20)30(26,27)16-4-9-29(24,25)12-16/h2-3,10-11,16H,4-9,12-13H2,1H3. The normalized spacial score (nSPS) is 23.0. The summed E-state index contributed by atoms with van der Waals surface area (Å²) < 4.78 is 56.8. The number of carbonyl (C=O) groups excluding carboxylic acids is 1. The van der Waals surface area contributed by atoms with Crippen LogP contribution in [0.1, 0.15) is 16.8 Å². The third-order valence-corrected chi connectivity index (χ3v) is 10.0. The van der Waals surface area contributed by atoms with Gasteiger partial charge in [0.2, 0.25) is 10.0 Å². The van der Waals surface area contributed by atoms with Crippen LogP contribution in [-0.2, 0) is 31.3 Å². The molecular weight excluding hydrogens is 432 g/mol. The Hall–Kier alpha value is -2.02. The van der Waals surface area contributed by atoms with Crippen molar-refractivity contribution in [3.05, 3.63) is 30.0 Å². The molecule has 0 N–H and O–H groups in total. The van der Waals surface area contributed by atoms with Gasteiger partial charge >= 0.3 is 5.97 Å². The largest absolute Gasteiger partial charge is 0.465 e. The second kappa shape index (κ2) is 7.91. The fraction of sp³-hybridized carbons (Fsp3) is 0.556. The molecule has 0 bridgehead atoms. The summed E-state index contributed by atoms with van der Waals surface area (Å²) in [4.78, 5) is 13.8. The number of sulfonamides is 1. The van der Waals surface area contributed by atoms with Gasteiger partial charge < -0.3 is 4.74 Å². The third kappa shape index (κ3) is 4.09. The number of ether oxygens (including phenoxy) is 1. The average molecular weight is 457 g/mol. The highest BCUT2D eigenvalue weighted by molar-refractivity contribution is 7.95. The van der Waals surface area contributed by atoms with Crippen LogP contribution in [-0.4, -0.2) is 91.8 Å². The van der Waals surface area contributed by atoms with Gasteiger partial charge in [0.05, 0.1) is 47.8 Å². The van der Waals surface area contributed by atoms with E-state index in [2.05, 4.69) is 10.00 Å². The third-order valence-electron chi connectivity index (χ3n) is 5.70. The van der Waals surface area contributed by atoms with E-state index in [9.17, 15) is 21.6 Å². The van der Waals surface area contributed by atoms with Crippen molar-refractivity contribution in [2.45, 2.75) is 18.3 Å². The van der Waals surface area contributed by atoms with E-state index < -0.39 is 31.1 Å². The van der Waals surface area contributed by atoms with Crippen LogP contribution in [0.4, 0.5) is 0 Å². The fourth-order valence-corrected chi connectivity index (χ4v) is 8.48. The van der Waals surface area contributed by atoms with Crippen molar-refractivity contribution in [1.29, 1.82) is 0 Å². The maximum Gasteiger partial charge on any atom is 0.337 e. The maximum atomic E-state index is 12.8. The Bertz CT molecular complexity index is 1170. The quantitative estimate of drug-likeness (QED) is 0.573. The minimum absolute atomic E-state index is 0.0546. The summed E-state index contributed by atoms with van der Waals surface area (Å²) in [5.41, 5.74) is 1.33. The molecule has 2 fully saturated rings. The van der Waals surface area contributed by atoms with E-state index in [1.54, 1.807) is 18.3 Å². The van der Waals surface area contributed by atoms with Gasteiger partial charge in [-0.3, -0.25) is 9.58 Å². The van der Waals surface area contributed by atoms with Crippen LogP contribution in [0.2, 0.25) is 0 Å². The van der Waals surface area contributed by atoms with Crippen LogP contribution in [0, 0.1) is 0 Å². The van der Waals surface area contributed by atoms with Crippen LogP contribution in [0.25, 0.3) is 10.9 Å². The first-order valence-electron chi connectivity index (χ1n) is 9.65. The first-order chi connectivity index (χ1) is 14.2. The number of esters is 1.